The number of piperazine rings is 1. The van der Waals surface area contributed by atoms with E-state index >= 15 is 0 Å². The number of benzene rings is 1. The molecule has 3 fully saturated rings. The fourth-order valence-corrected chi connectivity index (χ4v) is 11.1. The molecule has 89 heavy (non-hydrogen) atoms. The van der Waals surface area contributed by atoms with E-state index in [1.165, 1.54) is 0 Å². The summed E-state index contributed by atoms with van der Waals surface area (Å²) in [5.41, 5.74) is 1.56. The number of anilines is 4. The van der Waals surface area contributed by atoms with Crippen LogP contribution in [0.5, 0.6) is 0 Å². The molecule has 2 aromatic rings. The van der Waals surface area contributed by atoms with Crippen LogP contribution in [0, 0.1) is 36.9 Å². The quantitative estimate of drug-likeness (QED) is 0.0431. The van der Waals surface area contributed by atoms with Gasteiger partial charge in [0, 0.05) is 153 Å². The fraction of sp³-hybridized carbons (Fsp3) is 0.690. The zero-order valence-electron chi connectivity index (χ0n) is 50.7. The van der Waals surface area contributed by atoms with Crippen LogP contribution in [0.25, 0.3) is 0 Å². The predicted molar refractivity (Wildman–Crippen MR) is 323 cm³/mol. The van der Waals surface area contributed by atoms with Crippen LogP contribution in [0.2, 0.25) is 0 Å². The van der Waals surface area contributed by atoms with Crippen molar-refractivity contribution in [3.05, 3.63) is 29.8 Å². The van der Waals surface area contributed by atoms with Gasteiger partial charge in [-0.3, -0.25) is 53.3 Å². The van der Waals surface area contributed by atoms with Crippen molar-refractivity contribution in [1.82, 2.24) is 55.4 Å². The molecule has 1 unspecified atom stereocenters. The molecule has 1 aromatic carbocycles. The molecule has 505 valence electrons. The van der Waals surface area contributed by atoms with Gasteiger partial charge in [0.05, 0.1) is 26.2 Å². The number of hydrogen-bond acceptors (Lipinski definition) is 20. The number of urea groups is 1. The van der Waals surface area contributed by atoms with E-state index in [9.17, 15) is 73.8 Å². The molecule has 3 atom stereocenters. The normalized spacial score (nSPS) is 17.6. The molecule has 30 nitrogen and oxygen atoms in total. The van der Waals surface area contributed by atoms with Crippen LogP contribution in [0.1, 0.15) is 115 Å². The minimum atomic E-state index is -1.49. The Bertz CT molecular complexity index is 2560. The Kier molecular flexibility index (Phi) is 34.8. The fourth-order valence-electron chi connectivity index (χ4n) is 11.1. The number of carboxylic acid groups (broad SMARTS) is 7. The molecule has 0 bridgehead atoms. The van der Waals surface area contributed by atoms with Crippen molar-refractivity contribution in [2.45, 2.75) is 134 Å². The second-order valence-corrected chi connectivity index (χ2v) is 22.9. The van der Waals surface area contributed by atoms with Gasteiger partial charge in [-0.25, -0.2) is 14.4 Å². The number of rotatable bonds is 37. The largest absolute Gasteiger partial charge is 0.481 e. The van der Waals surface area contributed by atoms with Gasteiger partial charge >= 0.3 is 47.8 Å². The van der Waals surface area contributed by atoms with Gasteiger partial charge in [-0.05, 0) is 88.4 Å². The number of nitrogens with one attached hydrogen (secondary N) is 4. The molecule has 1 aromatic heterocycles. The molecule has 3 amide bonds. The van der Waals surface area contributed by atoms with Crippen molar-refractivity contribution in [3.8, 4) is 0 Å². The molecule has 0 spiro atoms. The van der Waals surface area contributed by atoms with Gasteiger partial charge in [-0.2, -0.15) is 15.0 Å². The molecular formula is C58H92LuN14O16. The van der Waals surface area contributed by atoms with Crippen LogP contribution >= 0.6 is 0 Å². The Morgan fingerprint density at radius 1 is 0.483 bits per heavy atom. The smallest absolute Gasteiger partial charge is 0.326 e. The summed E-state index contributed by atoms with van der Waals surface area (Å²) in [7, 11) is 0. The predicted octanol–water partition coefficient (Wildman–Crippen LogP) is 2.07. The van der Waals surface area contributed by atoms with Crippen molar-refractivity contribution in [2.75, 3.05) is 139 Å². The van der Waals surface area contributed by atoms with Crippen LogP contribution in [-0.2, 0) is 44.8 Å². The Morgan fingerprint density at radius 3 is 1.53 bits per heavy atom. The minimum absolute atomic E-state index is 0. The maximum absolute atomic E-state index is 12.4. The number of amides is 3. The first-order valence-electron chi connectivity index (χ1n) is 30.8. The molecule has 11 N–H and O–H groups in total. The number of hydrogen-bond donors (Lipinski definition) is 11. The second-order valence-electron chi connectivity index (χ2n) is 22.9. The number of carbonyl (C=O) groups excluding carboxylic acids is 2. The summed E-state index contributed by atoms with van der Waals surface area (Å²) < 4.78 is 0. The number of nitrogens with zero attached hydrogens (tertiary/aromatic N) is 10. The van der Waals surface area contributed by atoms with E-state index in [2.05, 4.69) is 36.0 Å². The molecule has 4 heterocycles. The summed E-state index contributed by atoms with van der Waals surface area (Å²) in [5, 5.41) is 77.3. The summed E-state index contributed by atoms with van der Waals surface area (Å²) in [6.07, 6.45) is 12.3. The third-order valence-corrected chi connectivity index (χ3v) is 15.9. The first-order valence-corrected chi connectivity index (χ1v) is 30.8. The molecule has 1 radical (unpaired) electrons. The average Bonchev–Trinajstić information content (AvgIpc) is 3.42. The average molecular weight is 1420 g/mol. The van der Waals surface area contributed by atoms with E-state index in [1.54, 1.807) is 19.6 Å². The summed E-state index contributed by atoms with van der Waals surface area (Å²) in [5.74, 6) is -6.74. The summed E-state index contributed by atoms with van der Waals surface area (Å²) >= 11 is 0. The van der Waals surface area contributed by atoms with Crippen LogP contribution in [0.15, 0.2) is 24.3 Å². The number of carboxylic acids is 7. The third-order valence-electron chi connectivity index (χ3n) is 15.9. The summed E-state index contributed by atoms with van der Waals surface area (Å²) in [6, 6.07) is 3.29. The van der Waals surface area contributed by atoms with E-state index in [4.69, 9.17) is 20.1 Å². The van der Waals surface area contributed by atoms with Gasteiger partial charge in [0.25, 0.3) is 0 Å². The van der Waals surface area contributed by atoms with Crippen LogP contribution in [0.3, 0.4) is 0 Å². The van der Waals surface area contributed by atoms with E-state index < -0.39 is 72.4 Å². The molecule has 0 aliphatic carbocycles. The summed E-state index contributed by atoms with van der Waals surface area (Å²) in [6.45, 7) is 6.30. The zero-order valence-corrected chi connectivity index (χ0v) is 52.4. The Hall–Kier alpha value is -6.31. The molecule has 31 heteroatoms. The monoisotopic (exact) mass is 1420 g/mol. The Morgan fingerprint density at radius 2 is 0.978 bits per heavy atom. The number of piperidine rings is 1. The number of aromatic nitrogens is 3. The van der Waals surface area contributed by atoms with Crippen molar-refractivity contribution in [1.29, 1.82) is 0 Å². The second kappa shape index (κ2) is 41.2. The van der Waals surface area contributed by atoms with Gasteiger partial charge < -0.3 is 66.8 Å². The third kappa shape index (κ3) is 30.4. The van der Waals surface area contributed by atoms with E-state index in [0.717, 1.165) is 122 Å². The SMILES string of the molecule is O=C(O)CC[C@H](NC(=O)N[C@@H](CCCCNC(=O)CCCCCCCCCCN1CCN(c2nc(Nc3ccc(CC4CN(CC(=O)O)CCN(CC(=O)O)CCN(CC(=O)O)CCN4CC(=O)O)cc3)nc(N3CCCCC3)n2)CC1)C(=O)O)C(=O)O.[Lu]. The van der Waals surface area contributed by atoms with Crippen molar-refractivity contribution >= 4 is 77.3 Å². The zero-order chi connectivity index (χ0) is 63.8. The summed E-state index contributed by atoms with van der Waals surface area (Å²) in [4.78, 5) is 135. The van der Waals surface area contributed by atoms with Crippen molar-refractivity contribution in [2.24, 2.45) is 0 Å². The maximum Gasteiger partial charge on any atom is 0.326 e. The molecule has 3 aliphatic heterocycles. The van der Waals surface area contributed by atoms with E-state index in [1.807, 2.05) is 24.3 Å². The first kappa shape index (κ1) is 75.2. The van der Waals surface area contributed by atoms with Crippen molar-refractivity contribution in [3.63, 3.8) is 0 Å². The molecular weight excluding hydrogens is 1320 g/mol. The van der Waals surface area contributed by atoms with Gasteiger partial charge in [0.1, 0.15) is 12.1 Å². The van der Waals surface area contributed by atoms with Gasteiger partial charge in [0.2, 0.25) is 23.8 Å². The van der Waals surface area contributed by atoms with Crippen LogP contribution < -0.4 is 31.1 Å². The first-order chi connectivity index (χ1) is 42.2. The molecule has 3 aliphatic rings. The molecule has 0 saturated carbocycles. The van der Waals surface area contributed by atoms with Gasteiger partial charge in [-0.15, -0.1) is 0 Å². The Labute approximate surface area is 548 Å². The van der Waals surface area contributed by atoms with Gasteiger partial charge in [-0.1, -0.05) is 50.7 Å². The Balaban J connectivity index is 0.0000169. The van der Waals surface area contributed by atoms with Gasteiger partial charge in [0.15, 0.2) is 0 Å². The number of unbranched alkanes of at least 4 members (excludes halogenated alkanes) is 8. The van der Waals surface area contributed by atoms with Crippen LogP contribution in [-0.4, -0.2) is 271 Å². The minimum Gasteiger partial charge on any atom is -0.481 e. The van der Waals surface area contributed by atoms with Crippen LogP contribution in [0.4, 0.5) is 28.3 Å². The number of aliphatic carboxylic acids is 7. The standard InChI is InChI=1S/C58H92N14O16.Lu/c73-47(59-22-10-9-14-45(53(84)85)61-58(88)62-46(54(86)87)20-21-48(74)75)15-8-5-3-1-2-4-6-11-23-66-30-33-71(34-31-66)57-64-55(63-56(65-57)70-24-12-7-13-25-70)60-43-18-16-42(17-19-43)36-44-37-69(40-51(80)81)29-28-67(38-49(76)77)26-27-68(39-50(78)79)32-35-72(44)41-52(82)83;/h16-19,44-46H,1-15,20-41H2,(H,59,73)(H,74,75)(H,76,77)(H,78,79)(H,80,81)(H,82,83)(H,84,85)(H,86,87)(H2,61,62,88)(H,60,63,64,65);/t44?,45-,46-;/m0./s1. The molecule has 5 rings (SSSR count). The van der Waals surface area contributed by atoms with E-state index in [-0.39, 0.29) is 128 Å². The molecule has 3 saturated heterocycles. The van der Waals surface area contributed by atoms with Crippen molar-refractivity contribution < 1.29 is 116 Å². The maximum atomic E-state index is 12.4. The van der Waals surface area contributed by atoms with E-state index in [0.29, 0.717) is 55.8 Å². The number of carbonyl (C=O) groups is 9. The topological polar surface area (TPSA) is 405 Å².